The summed E-state index contributed by atoms with van der Waals surface area (Å²) in [6.45, 7) is 1.40. The molecule has 1 aromatic carbocycles. The zero-order valence-corrected chi connectivity index (χ0v) is 16.0. The van der Waals surface area contributed by atoms with Crippen LogP contribution in [0.25, 0.3) is 6.08 Å². The first-order valence-corrected chi connectivity index (χ1v) is 8.94. The molecule has 6 heteroatoms. The topological polar surface area (TPSA) is 67.9 Å². The third kappa shape index (κ3) is 5.00. The van der Waals surface area contributed by atoms with Crippen molar-refractivity contribution in [3.63, 3.8) is 0 Å². The van der Waals surface area contributed by atoms with Crippen molar-refractivity contribution in [3.8, 4) is 11.5 Å². The molecule has 1 fully saturated rings. The highest BCUT2D eigenvalue weighted by molar-refractivity contribution is 6.01. The van der Waals surface area contributed by atoms with E-state index in [-0.39, 0.29) is 23.6 Å². The molecule has 1 aliphatic rings. The van der Waals surface area contributed by atoms with Crippen molar-refractivity contribution in [2.45, 2.75) is 45.1 Å². The van der Waals surface area contributed by atoms with Crippen LogP contribution in [0.3, 0.4) is 0 Å². The molecule has 0 heterocycles. The molecule has 142 valence electrons. The van der Waals surface area contributed by atoms with E-state index in [2.05, 4.69) is 5.32 Å². The molecule has 0 saturated heterocycles. The van der Waals surface area contributed by atoms with E-state index in [1.807, 2.05) is 13.1 Å². The maximum atomic E-state index is 12.9. The third-order valence-corrected chi connectivity index (χ3v) is 4.70. The second-order valence-electron chi connectivity index (χ2n) is 6.56. The number of benzene rings is 1. The van der Waals surface area contributed by atoms with Gasteiger partial charge in [0.05, 0.1) is 14.2 Å². The highest BCUT2D eigenvalue weighted by Gasteiger charge is 2.25. The number of amides is 2. The molecule has 6 nitrogen and oxygen atoms in total. The molecule has 0 aliphatic heterocycles. The maximum absolute atomic E-state index is 12.9. The Bertz CT molecular complexity index is 678. The van der Waals surface area contributed by atoms with Gasteiger partial charge in [-0.05, 0) is 36.6 Å². The number of likely N-dealkylation sites (N-methyl/N-ethyl adjacent to an activating group) is 1. The van der Waals surface area contributed by atoms with Crippen LogP contribution in [0.15, 0.2) is 23.9 Å². The predicted molar refractivity (Wildman–Crippen MR) is 101 cm³/mol. The minimum atomic E-state index is -0.276. The van der Waals surface area contributed by atoms with Gasteiger partial charge >= 0.3 is 0 Å². The fourth-order valence-corrected chi connectivity index (χ4v) is 3.27. The van der Waals surface area contributed by atoms with Crippen molar-refractivity contribution in [2.75, 3.05) is 21.3 Å². The summed E-state index contributed by atoms with van der Waals surface area (Å²) >= 11 is 0. The average Bonchev–Trinajstić information content (AvgIpc) is 2.66. The minimum absolute atomic E-state index is 0.179. The van der Waals surface area contributed by atoms with E-state index in [4.69, 9.17) is 9.47 Å². The van der Waals surface area contributed by atoms with Gasteiger partial charge in [-0.25, -0.2) is 0 Å². The number of methoxy groups -OCH3 is 2. The van der Waals surface area contributed by atoms with Gasteiger partial charge in [0.1, 0.15) is 5.70 Å². The molecule has 1 aliphatic carbocycles. The molecule has 0 spiro atoms. The Hall–Kier alpha value is -2.50. The molecule has 0 aromatic heterocycles. The van der Waals surface area contributed by atoms with Crippen LogP contribution in [-0.4, -0.2) is 44.0 Å². The Balaban J connectivity index is 2.29. The van der Waals surface area contributed by atoms with Gasteiger partial charge < -0.3 is 19.7 Å². The second-order valence-corrected chi connectivity index (χ2v) is 6.56. The zero-order valence-electron chi connectivity index (χ0n) is 16.0. The zero-order chi connectivity index (χ0) is 19.1. The molecule has 1 saturated carbocycles. The van der Waals surface area contributed by atoms with Gasteiger partial charge in [-0.2, -0.15) is 0 Å². The van der Waals surface area contributed by atoms with Gasteiger partial charge in [0.2, 0.25) is 5.91 Å². The smallest absolute Gasteiger partial charge is 0.270 e. The normalized spacial score (nSPS) is 15.3. The van der Waals surface area contributed by atoms with Crippen molar-refractivity contribution in [2.24, 2.45) is 0 Å². The number of ether oxygens (including phenoxy) is 2. The molecule has 1 aromatic rings. The van der Waals surface area contributed by atoms with E-state index < -0.39 is 0 Å². The highest BCUT2D eigenvalue weighted by Crippen LogP contribution is 2.28. The molecule has 0 unspecified atom stereocenters. The van der Waals surface area contributed by atoms with Gasteiger partial charge in [-0.3, -0.25) is 9.59 Å². The van der Waals surface area contributed by atoms with Gasteiger partial charge in [0.15, 0.2) is 11.5 Å². The molecule has 0 atom stereocenters. The van der Waals surface area contributed by atoms with Crippen molar-refractivity contribution in [3.05, 3.63) is 29.5 Å². The number of rotatable bonds is 6. The molecule has 0 bridgehead atoms. The van der Waals surface area contributed by atoms with E-state index in [9.17, 15) is 9.59 Å². The lowest BCUT2D eigenvalue weighted by Gasteiger charge is -2.31. The summed E-state index contributed by atoms with van der Waals surface area (Å²) in [4.78, 5) is 26.3. The summed E-state index contributed by atoms with van der Waals surface area (Å²) < 4.78 is 10.5. The number of nitrogens with zero attached hydrogens (tertiary/aromatic N) is 1. The Kier molecular flexibility index (Phi) is 7.06. The maximum Gasteiger partial charge on any atom is 0.270 e. The molecule has 26 heavy (non-hydrogen) atoms. The fourth-order valence-electron chi connectivity index (χ4n) is 3.27. The Morgan fingerprint density at radius 2 is 1.77 bits per heavy atom. The first-order valence-electron chi connectivity index (χ1n) is 8.94. The van der Waals surface area contributed by atoms with Crippen molar-refractivity contribution < 1.29 is 19.1 Å². The lowest BCUT2D eigenvalue weighted by atomic mass is 9.94. The lowest BCUT2D eigenvalue weighted by molar-refractivity contribution is -0.130. The molecular formula is C20H28N2O4. The first kappa shape index (κ1) is 19.8. The summed E-state index contributed by atoms with van der Waals surface area (Å²) in [6.07, 6.45) is 7.18. The van der Waals surface area contributed by atoms with E-state index in [1.54, 1.807) is 37.3 Å². The minimum Gasteiger partial charge on any atom is -0.493 e. The quantitative estimate of drug-likeness (QED) is 0.792. The number of hydrogen-bond acceptors (Lipinski definition) is 4. The molecule has 2 amide bonds. The molecule has 0 radical (unpaired) electrons. The van der Waals surface area contributed by atoms with Crippen molar-refractivity contribution >= 4 is 17.9 Å². The Morgan fingerprint density at radius 3 is 2.35 bits per heavy atom. The van der Waals surface area contributed by atoms with Crippen LogP contribution < -0.4 is 14.8 Å². The summed E-state index contributed by atoms with van der Waals surface area (Å²) in [5.74, 6) is 0.719. The number of nitrogens with one attached hydrogen (secondary N) is 1. The molecule has 2 rings (SSSR count). The van der Waals surface area contributed by atoms with Gasteiger partial charge in [0.25, 0.3) is 5.91 Å². The van der Waals surface area contributed by atoms with Crippen molar-refractivity contribution in [1.29, 1.82) is 0 Å². The number of carbonyl (C=O) groups excluding carboxylic acids is 2. The van der Waals surface area contributed by atoms with E-state index in [1.165, 1.54) is 13.3 Å². The van der Waals surface area contributed by atoms with Gasteiger partial charge in [-0.1, -0.05) is 25.3 Å². The SMILES string of the molecule is COc1ccc(/C=C(\NC(C)=O)C(=O)N(C)C2CCCCC2)cc1OC. The van der Waals surface area contributed by atoms with Crippen LogP contribution in [0.4, 0.5) is 0 Å². The first-order chi connectivity index (χ1) is 12.5. The summed E-state index contributed by atoms with van der Waals surface area (Å²) in [6, 6.07) is 5.58. The monoisotopic (exact) mass is 360 g/mol. The van der Waals surface area contributed by atoms with Crippen LogP contribution in [0.1, 0.15) is 44.6 Å². The predicted octanol–water partition coefficient (Wildman–Crippen LogP) is 2.97. The van der Waals surface area contributed by atoms with E-state index in [0.717, 1.165) is 31.2 Å². The lowest BCUT2D eigenvalue weighted by Crippen LogP contribution is -2.42. The second kappa shape index (κ2) is 9.27. The number of hydrogen-bond donors (Lipinski definition) is 1. The summed E-state index contributed by atoms with van der Waals surface area (Å²) in [5.41, 5.74) is 1.01. The Labute approximate surface area is 155 Å². The van der Waals surface area contributed by atoms with Gasteiger partial charge in [0, 0.05) is 20.0 Å². The Morgan fingerprint density at radius 1 is 1.12 bits per heavy atom. The van der Waals surface area contributed by atoms with E-state index >= 15 is 0 Å². The largest absolute Gasteiger partial charge is 0.493 e. The van der Waals surface area contributed by atoms with Crippen molar-refractivity contribution in [1.82, 2.24) is 10.2 Å². The van der Waals surface area contributed by atoms with E-state index in [0.29, 0.717) is 11.5 Å². The van der Waals surface area contributed by atoms with Gasteiger partial charge in [-0.15, -0.1) is 0 Å². The van der Waals surface area contributed by atoms with Crippen LogP contribution in [0.2, 0.25) is 0 Å². The highest BCUT2D eigenvalue weighted by atomic mass is 16.5. The summed E-state index contributed by atoms with van der Waals surface area (Å²) in [5, 5.41) is 2.67. The molecule has 1 N–H and O–H groups in total. The van der Waals surface area contributed by atoms with Crippen LogP contribution >= 0.6 is 0 Å². The average molecular weight is 360 g/mol. The van der Waals surface area contributed by atoms with Crippen LogP contribution in [0.5, 0.6) is 11.5 Å². The molecular weight excluding hydrogens is 332 g/mol. The summed E-state index contributed by atoms with van der Waals surface area (Å²) in [7, 11) is 4.93. The standard InChI is InChI=1S/C20H28N2O4/c1-14(23)21-17(20(24)22(2)16-8-6-5-7-9-16)12-15-10-11-18(25-3)19(13-15)26-4/h10-13,16H,5-9H2,1-4H3,(H,21,23)/b17-12-. The number of carbonyl (C=O) groups is 2. The van der Waals surface area contributed by atoms with Crippen LogP contribution in [-0.2, 0) is 9.59 Å². The fraction of sp³-hybridized carbons (Fsp3) is 0.500. The van der Waals surface area contributed by atoms with Crippen LogP contribution in [0, 0.1) is 0 Å². The third-order valence-electron chi connectivity index (χ3n) is 4.70.